The maximum Gasteiger partial charge on any atom is 0.330 e. The zero-order valence-corrected chi connectivity index (χ0v) is 9.43. The monoisotopic (exact) mass is 307 g/mol. The first-order chi connectivity index (χ1) is 6.52. The summed E-state index contributed by atoms with van der Waals surface area (Å²) in [5.74, 6) is -1.23. The van der Waals surface area contributed by atoms with Crippen LogP contribution in [0, 0.1) is 3.57 Å². The van der Waals surface area contributed by atoms with Crippen LogP contribution >= 0.6 is 22.6 Å². The van der Waals surface area contributed by atoms with Crippen molar-refractivity contribution in [1.82, 2.24) is 0 Å². The Morgan fingerprint density at radius 3 is 2.50 bits per heavy atom. The molecular formula is C9H10INO3. The Labute approximate surface area is 94.9 Å². The summed E-state index contributed by atoms with van der Waals surface area (Å²) in [5.41, 5.74) is 4.32. The zero-order valence-electron chi connectivity index (χ0n) is 7.27. The van der Waals surface area contributed by atoms with Crippen LogP contribution in [0.4, 0.5) is 0 Å². The molecule has 1 atom stereocenters. The number of aliphatic hydroxyl groups excluding tert-OH is 1. The summed E-state index contributed by atoms with van der Waals surface area (Å²) in [6.07, 6.45) is 0. The topological polar surface area (TPSA) is 83.5 Å². The average Bonchev–Trinajstić information content (AvgIpc) is 2.17. The number of carboxylic acids is 1. The highest BCUT2D eigenvalue weighted by Gasteiger charge is 2.36. The van der Waals surface area contributed by atoms with Gasteiger partial charge in [0.25, 0.3) is 0 Å². The summed E-state index contributed by atoms with van der Waals surface area (Å²) < 4.78 is 0.726. The van der Waals surface area contributed by atoms with E-state index >= 15 is 0 Å². The van der Waals surface area contributed by atoms with Gasteiger partial charge in [0, 0.05) is 3.57 Å². The summed E-state index contributed by atoms with van der Waals surface area (Å²) in [4.78, 5) is 10.9. The van der Waals surface area contributed by atoms with Gasteiger partial charge in [0.1, 0.15) is 0 Å². The molecule has 0 radical (unpaired) electrons. The maximum atomic E-state index is 10.9. The first-order valence-electron chi connectivity index (χ1n) is 3.90. The van der Waals surface area contributed by atoms with E-state index in [1.807, 2.05) is 22.6 Å². The van der Waals surface area contributed by atoms with Crippen LogP contribution in [0.1, 0.15) is 5.56 Å². The van der Waals surface area contributed by atoms with Crippen LogP contribution in [0.5, 0.6) is 0 Å². The van der Waals surface area contributed by atoms with Gasteiger partial charge in [-0.05, 0) is 34.2 Å². The van der Waals surface area contributed by atoms with Gasteiger partial charge >= 0.3 is 5.97 Å². The Morgan fingerprint density at radius 1 is 1.50 bits per heavy atom. The first kappa shape index (κ1) is 11.4. The molecule has 5 heteroatoms. The van der Waals surface area contributed by atoms with Gasteiger partial charge in [-0.3, -0.25) is 0 Å². The zero-order chi connectivity index (χ0) is 10.8. The van der Waals surface area contributed by atoms with Crippen molar-refractivity contribution < 1.29 is 15.0 Å². The van der Waals surface area contributed by atoms with Crippen molar-refractivity contribution in [3.05, 3.63) is 33.4 Å². The molecule has 0 unspecified atom stereocenters. The summed E-state index contributed by atoms with van der Waals surface area (Å²) in [5, 5.41) is 17.9. The smallest absolute Gasteiger partial charge is 0.330 e. The number of rotatable bonds is 3. The Kier molecular flexibility index (Phi) is 3.46. The van der Waals surface area contributed by atoms with Crippen LogP contribution < -0.4 is 5.73 Å². The molecule has 4 N–H and O–H groups in total. The molecule has 0 aliphatic rings. The molecule has 1 aromatic carbocycles. The second-order valence-corrected chi connectivity index (χ2v) is 4.08. The highest BCUT2D eigenvalue weighted by molar-refractivity contribution is 14.1. The van der Waals surface area contributed by atoms with E-state index in [1.165, 1.54) is 0 Å². The second kappa shape index (κ2) is 4.24. The molecule has 0 aliphatic carbocycles. The molecule has 0 amide bonds. The standard InChI is InChI=1S/C9H10INO3/c10-7-4-2-1-3-6(7)9(11,5-12)8(13)14/h1-4,12H,5,11H2,(H,13,14)/t9-/m0/s1. The van der Waals surface area contributed by atoms with Crippen LogP contribution in [0.3, 0.4) is 0 Å². The van der Waals surface area contributed by atoms with Crippen molar-refractivity contribution >= 4 is 28.6 Å². The molecule has 0 aliphatic heterocycles. The van der Waals surface area contributed by atoms with E-state index in [1.54, 1.807) is 24.3 Å². The number of halogens is 1. The second-order valence-electron chi connectivity index (χ2n) is 2.91. The normalized spacial score (nSPS) is 14.8. The molecule has 76 valence electrons. The number of carbonyl (C=O) groups is 1. The van der Waals surface area contributed by atoms with Crippen LogP contribution in [-0.2, 0) is 10.3 Å². The third kappa shape index (κ3) is 1.89. The maximum absolute atomic E-state index is 10.9. The fourth-order valence-electron chi connectivity index (χ4n) is 1.09. The van der Waals surface area contributed by atoms with Gasteiger partial charge in [-0.1, -0.05) is 18.2 Å². The minimum absolute atomic E-state index is 0.426. The van der Waals surface area contributed by atoms with E-state index in [0.717, 1.165) is 3.57 Å². The summed E-state index contributed by atoms with van der Waals surface area (Å²) in [7, 11) is 0. The molecule has 0 saturated carbocycles. The summed E-state index contributed by atoms with van der Waals surface area (Å²) in [6.45, 7) is -0.623. The van der Waals surface area contributed by atoms with Crippen LogP contribution in [0.25, 0.3) is 0 Å². The van der Waals surface area contributed by atoms with E-state index < -0.39 is 18.1 Å². The van der Waals surface area contributed by atoms with Crippen molar-refractivity contribution in [2.45, 2.75) is 5.54 Å². The van der Waals surface area contributed by atoms with Crippen molar-refractivity contribution in [2.24, 2.45) is 5.73 Å². The fourth-order valence-corrected chi connectivity index (χ4v) is 1.96. The molecule has 1 aromatic rings. The van der Waals surface area contributed by atoms with Crippen molar-refractivity contribution in [1.29, 1.82) is 0 Å². The minimum atomic E-state index is -1.71. The Balaban J connectivity index is 3.26. The number of aliphatic carboxylic acids is 1. The molecular weight excluding hydrogens is 297 g/mol. The predicted octanol–water partition coefficient (Wildman–Crippen LogP) is 0.522. The van der Waals surface area contributed by atoms with E-state index in [0.29, 0.717) is 5.56 Å². The largest absolute Gasteiger partial charge is 0.480 e. The molecule has 0 bridgehead atoms. The fraction of sp³-hybridized carbons (Fsp3) is 0.222. The first-order valence-corrected chi connectivity index (χ1v) is 4.98. The van der Waals surface area contributed by atoms with Crippen molar-refractivity contribution in [2.75, 3.05) is 6.61 Å². The van der Waals surface area contributed by atoms with E-state index in [2.05, 4.69) is 0 Å². The van der Waals surface area contributed by atoms with Gasteiger partial charge in [0.05, 0.1) is 6.61 Å². The molecule has 0 heterocycles. The molecule has 1 rings (SSSR count). The highest BCUT2D eigenvalue weighted by atomic mass is 127. The van der Waals surface area contributed by atoms with E-state index in [-0.39, 0.29) is 0 Å². The van der Waals surface area contributed by atoms with Gasteiger partial charge in [-0.25, -0.2) is 4.79 Å². The lowest BCUT2D eigenvalue weighted by molar-refractivity contribution is -0.145. The highest BCUT2D eigenvalue weighted by Crippen LogP contribution is 2.23. The SMILES string of the molecule is N[C@](CO)(C(=O)O)c1ccccc1I. The minimum Gasteiger partial charge on any atom is -0.480 e. The van der Waals surface area contributed by atoms with Crippen LogP contribution in [-0.4, -0.2) is 22.8 Å². The number of benzene rings is 1. The molecule has 4 nitrogen and oxygen atoms in total. The molecule has 0 saturated heterocycles. The van der Waals surface area contributed by atoms with E-state index in [4.69, 9.17) is 15.9 Å². The summed E-state index contributed by atoms with van der Waals surface area (Å²) in [6, 6.07) is 6.82. The van der Waals surface area contributed by atoms with Gasteiger partial charge in [0.15, 0.2) is 5.54 Å². The Morgan fingerprint density at radius 2 is 2.07 bits per heavy atom. The lowest BCUT2D eigenvalue weighted by Gasteiger charge is -2.23. The predicted molar refractivity (Wildman–Crippen MR) is 59.7 cm³/mol. The lowest BCUT2D eigenvalue weighted by atomic mass is 9.92. The van der Waals surface area contributed by atoms with Gasteiger partial charge in [0.2, 0.25) is 0 Å². The van der Waals surface area contributed by atoms with Gasteiger partial charge in [-0.2, -0.15) is 0 Å². The van der Waals surface area contributed by atoms with Crippen molar-refractivity contribution in [3.8, 4) is 0 Å². The van der Waals surface area contributed by atoms with Gasteiger partial charge < -0.3 is 15.9 Å². The number of aliphatic hydroxyl groups is 1. The Hall–Kier alpha value is -0.660. The lowest BCUT2D eigenvalue weighted by Crippen LogP contribution is -2.48. The Bertz CT molecular complexity index is 356. The number of hydrogen-bond donors (Lipinski definition) is 3. The third-order valence-electron chi connectivity index (χ3n) is 1.99. The quantitative estimate of drug-likeness (QED) is 0.711. The molecule has 0 fully saturated rings. The number of carboxylic acid groups (broad SMARTS) is 1. The van der Waals surface area contributed by atoms with Gasteiger partial charge in [-0.15, -0.1) is 0 Å². The molecule has 0 spiro atoms. The van der Waals surface area contributed by atoms with E-state index in [9.17, 15) is 4.79 Å². The van der Waals surface area contributed by atoms with Crippen molar-refractivity contribution in [3.63, 3.8) is 0 Å². The van der Waals surface area contributed by atoms with Crippen LogP contribution in [0.2, 0.25) is 0 Å². The van der Waals surface area contributed by atoms with Crippen LogP contribution in [0.15, 0.2) is 24.3 Å². The number of hydrogen-bond acceptors (Lipinski definition) is 3. The molecule has 14 heavy (non-hydrogen) atoms. The average molecular weight is 307 g/mol. The molecule has 0 aromatic heterocycles. The summed E-state index contributed by atoms with van der Waals surface area (Å²) >= 11 is 1.99. The third-order valence-corrected chi connectivity index (χ3v) is 2.93. The number of nitrogens with two attached hydrogens (primary N) is 1.